The summed E-state index contributed by atoms with van der Waals surface area (Å²) in [5, 5.41) is 3.69. The lowest BCUT2D eigenvalue weighted by Crippen LogP contribution is -2.16. The number of methoxy groups -OCH3 is 1. The molecule has 0 fully saturated rings. The van der Waals surface area contributed by atoms with Gasteiger partial charge < -0.3 is 10.1 Å². The Morgan fingerprint density at radius 1 is 0.833 bits per heavy atom. The molecule has 0 saturated heterocycles. The molecule has 1 aromatic heterocycles. The van der Waals surface area contributed by atoms with E-state index in [-0.39, 0.29) is 16.5 Å². The van der Waals surface area contributed by atoms with Crippen LogP contribution in [0.4, 0.5) is 17.3 Å². The second kappa shape index (κ2) is 8.17. The van der Waals surface area contributed by atoms with Gasteiger partial charge in [-0.3, -0.25) is 4.72 Å². The minimum absolute atomic E-state index is 0.0794. The standard InChI is InChI=1S/C21H17ClN4O3S/c1-29-16-10-12-17(13-11-16)30(27,28)26-21-20(23-15-8-6-14(22)7-9-15)24-18-4-2-3-5-19(18)25-21/h2-13H,1H3,(H,23,24)(H,25,26). The lowest BCUT2D eigenvalue weighted by molar-refractivity contribution is 0.414. The van der Waals surface area contributed by atoms with E-state index >= 15 is 0 Å². The molecule has 2 N–H and O–H groups in total. The number of hydrogen-bond donors (Lipinski definition) is 2. The van der Waals surface area contributed by atoms with E-state index in [1.165, 1.54) is 19.2 Å². The summed E-state index contributed by atoms with van der Waals surface area (Å²) in [7, 11) is -2.38. The van der Waals surface area contributed by atoms with Crippen molar-refractivity contribution in [1.82, 2.24) is 9.97 Å². The molecule has 9 heteroatoms. The molecule has 0 aliphatic carbocycles. The summed E-state index contributed by atoms with van der Waals surface area (Å²) in [5.41, 5.74) is 1.88. The SMILES string of the molecule is COc1ccc(S(=O)(=O)Nc2nc3ccccc3nc2Nc2ccc(Cl)cc2)cc1. The van der Waals surface area contributed by atoms with Crippen LogP contribution < -0.4 is 14.8 Å². The molecule has 4 aromatic rings. The molecule has 0 bridgehead atoms. The quantitative estimate of drug-likeness (QED) is 0.445. The van der Waals surface area contributed by atoms with Crippen molar-refractivity contribution < 1.29 is 13.2 Å². The number of benzene rings is 3. The van der Waals surface area contributed by atoms with Gasteiger partial charge >= 0.3 is 0 Å². The average Bonchev–Trinajstić information content (AvgIpc) is 2.75. The topological polar surface area (TPSA) is 93.2 Å². The first-order chi connectivity index (χ1) is 14.4. The van der Waals surface area contributed by atoms with Crippen LogP contribution in [0.5, 0.6) is 5.75 Å². The molecule has 0 amide bonds. The number of nitrogens with zero attached hydrogens (tertiary/aromatic N) is 2. The number of rotatable bonds is 6. The Morgan fingerprint density at radius 2 is 1.43 bits per heavy atom. The molecule has 152 valence electrons. The Hall–Kier alpha value is -3.36. The van der Waals surface area contributed by atoms with Crippen molar-refractivity contribution in [1.29, 1.82) is 0 Å². The summed E-state index contributed by atoms with van der Waals surface area (Å²) in [6.45, 7) is 0. The number of aromatic nitrogens is 2. The number of sulfonamides is 1. The highest BCUT2D eigenvalue weighted by atomic mass is 35.5. The Labute approximate surface area is 178 Å². The molecule has 0 radical (unpaired) electrons. The van der Waals surface area contributed by atoms with Crippen molar-refractivity contribution in [3.8, 4) is 5.75 Å². The highest BCUT2D eigenvalue weighted by Gasteiger charge is 2.19. The summed E-state index contributed by atoms with van der Waals surface area (Å²) in [4.78, 5) is 9.09. The molecule has 0 spiro atoms. The first kappa shape index (κ1) is 19.9. The number of ether oxygens (including phenoxy) is 1. The van der Waals surface area contributed by atoms with Gasteiger partial charge in [0.15, 0.2) is 11.6 Å². The van der Waals surface area contributed by atoms with E-state index in [2.05, 4.69) is 20.0 Å². The van der Waals surface area contributed by atoms with Gasteiger partial charge in [-0.2, -0.15) is 0 Å². The van der Waals surface area contributed by atoms with Crippen molar-refractivity contribution in [3.63, 3.8) is 0 Å². The largest absolute Gasteiger partial charge is 0.497 e. The number of fused-ring (bicyclic) bond motifs is 1. The fraction of sp³-hybridized carbons (Fsp3) is 0.0476. The molecule has 1 heterocycles. The average molecular weight is 441 g/mol. The molecule has 0 aliphatic heterocycles. The van der Waals surface area contributed by atoms with Crippen LogP contribution in [0.1, 0.15) is 0 Å². The lowest BCUT2D eigenvalue weighted by atomic mass is 10.3. The fourth-order valence-electron chi connectivity index (χ4n) is 2.77. The zero-order valence-electron chi connectivity index (χ0n) is 15.8. The van der Waals surface area contributed by atoms with E-state index in [0.29, 0.717) is 27.5 Å². The van der Waals surface area contributed by atoms with Crippen LogP contribution in [0.25, 0.3) is 11.0 Å². The maximum Gasteiger partial charge on any atom is 0.263 e. The summed E-state index contributed by atoms with van der Waals surface area (Å²) in [6.07, 6.45) is 0. The van der Waals surface area contributed by atoms with Crippen molar-refractivity contribution in [2.75, 3.05) is 17.1 Å². The maximum absolute atomic E-state index is 12.9. The molecule has 4 rings (SSSR count). The van der Waals surface area contributed by atoms with E-state index < -0.39 is 10.0 Å². The maximum atomic E-state index is 12.9. The number of para-hydroxylation sites is 2. The van der Waals surface area contributed by atoms with Gasteiger partial charge in [0.25, 0.3) is 10.0 Å². The second-order valence-electron chi connectivity index (χ2n) is 6.32. The minimum atomic E-state index is -3.90. The Kier molecular flexibility index (Phi) is 5.43. The zero-order chi connectivity index (χ0) is 21.1. The lowest BCUT2D eigenvalue weighted by Gasteiger charge is -2.14. The second-order valence-corrected chi connectivity index (χ2v) is 8.44. The van der Waals surface area contributed by atoms with E-state index in [1.807, 2.05) is 12.1 Å². The van der Waals surface area contributed by atoms with Gasteiger partial charge in [-0.25, -0.2) is 18.4 Å². The van der Waals surface area contributed by atoms with Gasteiger partial charge in [0.2, 0.25) is 0 Å². The number of anilines is 3. The molecule has 3 aromatic carbocycles. The van der Waals surface area contributed by atoms with Crippen LogP contribution in [-0.4, -0.2) is 25.5 Å². The third-order valence-corrected chi connectivity index (χ3v) is 5.89. The fourth-order valence-corrected chi connectivity index (χ4v) is 3.90. The van der Waals surface area contributed by atoms with Crippen LogP contribution >= 0.6 is 11.6 Å². The molecule has 0 aliphatic rings. The predicted octanol–water partition coefficient (Wildman–Crippen LogP) is 4.84. The van der Waals surface area contributed by atoms with E-state index in [0.717, 1.165) is 0 Å². The summed E-state index contributed by atoms with van der Waals surface area (Å²) in [5.74, 6) is 0.914. The summed E-state index contributed by atoms with van der Waals surface area (Å²) < 4.78 is 33.5. The number of hydrogen-bond acceptors (Lipinski definition) is 6. The highest BCUT2D eigenvalue weighted by Crippen LogP contribution is 2.28. The minimum Gasteiger partial charge on any atom is -0.497 e. The van der Waals surface area contributed by atoms with Gasteiger partial charge in [0, 0.05) is 10.7 Å². The van der Waals surface area contributed by atoms with Crippen LogP contribution in [0.15, 0.2) is 77.7 Å². The normalized spacial score (nSPS) is 11.3. The van der Waals surface area contributed by atoms with E-state index in [4.69, 9.17) is 16.3 Å². The van der Waals surface area contributed by atoms with Crippen LogP contribution in [0, 0.1) is 0 Å². The van der Waals surface area contributed by atoms with Crippen LogP contribution in [0.2, 0.25) is 5.02 Å². The predicted molar refractivity (Wildman–Crippen MR) is 118 cm³/mol. The first-order valence-corrected chi connectivity index (χ1v) is 10.8. The first-order valence-electron chi connectivity index (χ1n) is 8.91. The molecular weight excluding hydrogens is 424 g/mol. The molecule has 30 heavy (non-hydrogen) atoms. The Morgan fingerprint density at radius 3 is 2.03 bits per heavy atom. The highest BCUT2D eigenvalue weighted by molar-refractivity contribution is 7.92. The molecular formula is C21H17ClN4O3S. The molecule has 0 saturated carbocycles. The van der Waals surface area contributed by atoms with E-state index in [9.17, 15) is 8.42 Å². The van der Waals surface area contributed by atoms with Crippen LogP contribution in [0.3, 0.4) is 0 Å². The zero-order valence-corrected chi connectivity index (χ0v) is 17.4. The summed E-state index contributed by atoms with van der Waals surface area (Å²) in [6, 6.07) is 20.3. The molecule has 0 unspecified atom stereocenters. The summed E-state index contributed by atoms with van der Waals surface area (Å²) >= 11 is 5.94. The Bertz CT molecular complexity index is 1290. The smallest absolute Gasteiger partial charge is 0.263 e. The van der Waals surface area contributed by atoms with Gasteiger partial charge in [-0.15, -0.1) is 0 Å². The van der Waals surface area contributed by atoms with Crippen molar-refractivity contribution in [2.45, 2.75) is 4.90 Å². The van der Waals surface area contributed by atoms with Gasteiger partial charge in [0.1, 0.15) is 5.75 Å². The molecule has 7 nitrogen and oxygen atoms in total. The van der Waals surface area contributed by atoms with Crippen molar-refractivity contribution in [3.05, 3.63) is 77.8 Å². The third kappa shape index (κ3) is 4.29. The third-order valence-electron chi connectivity index (χ3n) is 4.28. The van der Waals surface area contributed by atoms with E-state index in [1.54, 1.807) is 48.5 Å². The van der Waals surface area contributed by atoms with Crippen molar-refractivity contribution in [2.24, 2.45) is 0 Å². The van der Waals surface area contributed by atoms with Gasteiger partial charge in [-0.1, -0.05) is 23.7 Å². The van der Waals surface area contributed by atoms with Gasteiger partial charge in [-0.05, 0) is 60.7 Å². The Balaban J connectivity index is 1.74. The number of halogens is 1. The monoisotopic (exact) mass is 440 g/mol. The molecule has 0 atom stereocenters. The van der Waals surface area contributed by atoms with Crippen LogP contribution in [-0.2, 0) is 10.0 Å². The van der Waals surface area contributed by atoms with Crippen molar-refractivity contribution >= 4 is 50.0 Å². The number of nitrogens with one attached hydrogen (secondary N) is 2. The van der Waals surface area contributed by atoms with Gasteiger partial charge in [0.05, 0.1) is 23.0 Å².